The summed E-state index contributed by atoms with van der Waals surface area (Å²) in [5.41, 5.74) is 0.932. The number of ether oxygens (including phenoxy) is 3. The van der Waals surface area contributed by atoms with Gasteiger partial charge in [-0.1, -0.05) is 12.1 Å². The molecular formula is C19H23NO5S. The van der Waals surface area contributed by atoms with Crippen LogP contribution in [0.15, 0.2) is 47.4 Å². The zero-order valence-corrected chi connectivity index (χ0v) is 15.7. The van der Waals surface area contributed by atoms with Gasteiger partial charge in [-0.2, -0.15) is 0 Å². The lowest BCUT2D eigenvalue weighted by molar-refractivity contribution is 0.233. The Hall–Kier alpha value is -2.25. The van der Waals surface area contributed by atoms with Gasteiger partial charge in [-0.3, -0.25) is 0 Å². The van der Waals surface area contributed by atoms with E-state index in [2.05, 4.69) is 4.72 Å². The third-order valence-electron chi connectivity index (χ3n) is 4.02. The van der Waals surface area contributed by atoms with Crippen molar-refractivity contribution in [3.63, 3.8) is 0 Å². The quantitative estimate of drug-likeness (QED) is 0.803. The van der Waals surface area contributed by atoms with E-state index in [9.17, 15) is 8.42 Å². The molecule has 0 amide bonds. The summed E-state index contributed by atoms with van der Waals surface area (Å²) in [6, 6.07) is 11.7. The Labute approximate surface area is 154 Å². The van der Waals surface area contributed by atoms with Crippen molar-refractivity contribution in [2.24, 2.45) is 0 Å². The number of para-hydroxylation sites is 1. The van der Waals surface area contributed by atoms with Crippen LogP contribution in [-0.2, 0) is 16.4 Å². The second kappa shape index (κ2) is 7.97. The van der Waals surface area contributed by atoms with E-state index in [0.29, 0.717) is 36.9 Å². The highest BCUT2D eigenvalue weighted by atomic mass is 32.2. The Bertz CT molecular complexity index is 849. The highest BCUT2D eigenvalue weighted by Crippen LogP contribution is 2.35. The minimum absolute atomic E-state index is 0.204. The molecule has 0 saturated carbocycles. The van der Waals surface area contributed by atoms with E-state index in [1.54, 1.807) is 12.1 Å². The van der Waals surface area contributed by atoms with Gasteiger partial charge in [0.2, 0.25) is 10.0 Å². The number of hydrogen-bond donors (Lipinski definition) is 1. The molecule has 0 radical (unpaired) electrons. The summed E-state index contributed by atoms with van der Waals surface area (Å²) < 4.78 is 44.7. The van der Waals surface area contributed by atoms with Crippen molar-refractivity contribution in [1.82, 2.24) is 4.72 Å². The van der Waals surface area contributed by atoms with Crippen molar-refractivity contribution in [2.75, 3.05) is 19.8 Å². The van der Waals surface area contributed by atoms with Crippen molar-refractivity contribution in [3.8, 4) is 17.2 Å². The molecule has 26 heavy (non-hydrogen) atoms. The maximum atomic E-state index is 12.6. The summed E-state index contributed by atoms with van der Waals surface area (Å²) in [6.45, 7) is 5.13. The molecule has 0 bridgehead atoms. The van der Waals surface area contributed by atoms with Crippen molar-refractivity contribution < 1.29 is 22.6 Å². The van der Waals surface area contributed by atoms with E-state index in [0.717, 1.165) is 5.56 Å². The van der Waals surface area contributed by atoms with Crippen LogP contribution in [0.4, 0.5) is 0 Å². The maximum absolute atomic E-state index is 12.6. The van der Waals surface area contributed by atoms with E-state index in [-0.39, 0.29) is 17.5 Å². The second-order valence-corrected chi connectivity index (χ2v) is 7.63. The van der Waals surface area contributed by atoms with Gasteiger partial charge in [-0.25, -0.2) is 13.1 Å². The van der Waals surface area contributed by atoms with Gasteiger partial charge in [-0.15, -0.1) is 0 Å². The van der Waals surface area contributed by atoms with Crippen molar-refractivity contribution in [1.29, 1.82) is 0 Å². The molecule has 0 aromatic heterocycles. The van der Waals surface area contributed by atoms with Gasteiger partial charge >= 0.3 is 0 Å². The number of nitrogens with one attached hydrogen (secondary N) is 1. The predicted molar refractivity (Wildman–Crippen MR) is 98.5 cm³/mol. The molecule has 1 atom stereocenters. The molecule has 140 valence electrons. The molecule has 0 saturated heterocycles. The lowest BCUT2D eigenvalue weighted by Gasteiger charge is -2.27. The molecule has 1 heterocycles. The third-order valence-corrected chi connectivity index (χ3v) is 5.56. The van der Waals surface area contributed by atoms with E-state index < -0.39 is 10.0 Å². The number of rotatable bonds is 7. The summed E-state index contributed by atoms with van der Waals surface area (Å²) in [5, 5.41) is 0. The smallest absolute Gasteiger partial charge is 0.240 e. The standard InChI is InChI=1S/C19H23NO5S/c1-3-23-16-8-10-17(11-9-16)26(21,22)20-15-12-14-6-5-7-18(24-4-2)19(14)25-13-15/h5-11,15,20H,3-4,12-13H2,1-2H3/t15-/m1/s1. The lowest BCUT2D eigenvalue weighted by atomic mass is 10.0. The van der Waals surface area contributed by atoms with Crippen LogP contribution >= 0.6 is 0 Å². The molecule has 3 rings (SSSR count). The molecular weight excluding hydrogens is 354 g/mol. The summed E-state index contributed by atoms with van der Waals surface area (Å²) in [4.78, 5) is 0.204. The molecule has 7 heteroatoms. The molecule has 1 aliphatic rings. The summed E-state index contributed by atoms with van der Waals surface area (Å²) in [6.07, 6.45) is 0.548. The van der Waals surface area contributed by atoms with Gasteiger partial charge in [0.1, 0.15) is 12.4 Å². The Balaban J connectivity index is 1.72. The first-order valence-electron chi connectivity index (χ1n) is 8.66. The van der Waals surface area contributed by atoms with Crippen LogP contribution < -0.4 is 18.9 Å². The largest absolute Gasteiger partial charge is 0.494 e. The van der Waals surface area contributed by atoms with Gasteiger partial charge in [0.05, 0.1) is 24.2 Å². The topological polar surface area (TPSA) is 73.9 Å². The summed E-state index contributed by atoms with van der Waals surface area (Å²) in [5.74, 6) is 2.04. The van der Waals surface area contributed by atoms with Crippen LogP contribution in [0.5, 0.6) is 17.2 Å². The average Bonchev–Trinajstić information content (AvgIpc) is 2.62. The van der Waals surface area contributed by atoms with Crippen LogP contribution in [0, 0.1) is 0 Å². The number of fused-ring (bicyclic) bond motifs is 1. The van der Waals surface area contributed by atoms with Crippen molar-refractivity contribution in [3.05, 3.63) is 48.0 Å². The maximum Gasteiger partial charge on any atom is 0.240 e. The average molecular weight is 377 g/mol. The minimum Gasteiger partial charge on any atom is -0.494 e. The Morgan fingerprint density at radius 1 is 1.08 bits per heavy atom. The first-order valence-corrected chi connectivity index (χ1v) is 10.1. The molecule has 2 aromatic carbocycles. The van der Waals surface area contributed by atoms with E-state index in [4.69, 9.17) is 14.2 Å². The van der Waals surface area contributed by atoms with E-state index in [1.807, 2.05) is 32.0 Å². The Morgan fingerprint density at radius 2 is 1.81 bits per heavy atom. The SMILES string of the molecule is CCOc1ccc(S(=O)(=O)N[C@H]2COc3c(cccc3OCC)C2)cc1. The van der Waals surface area contributed by atoms with Crippen LogP contribution in [0.1, 0.15) is 19.4 Å². The molecule has 0 unspecified atom stereocenters. The predicted octanol–water partition coefficient (Wildman–Crippen LogP) is 2.77. The van der Waals surface area contributed by atoms with Crippen molar-refractivity contribution in [2.45, 2.75) is 31.2 Å². The zero-order chi connectivity index (χ0) is 18.6. The highest BCUT2D eigenvalue weighted by Gasteiger charge is 2.27. The van der Waals surface area contributed by atoms with Crippen LogP contribution in [0.2, 0.25) is 0 Å². The van der Waals surface area contributed by atoms with Gasteiger partial charge in [0.25, 0.3) is 0 Å². The Kier molecular flexibility index (Phi) is 5.68. The normalized spacial score (nSPS) is 16.5. The minimum atomic E-state index is -3.63. The molecule has 6 nitrogen and oxygen atoms in total. The fourth-order valence-corrected chi connectivity index (χ4v) is 4.13. The van der Waals surface area contributed by atoms with Crippen LogP contribution in [-0.4, -0.2) is 34.3 Å². The number of benzene rings is 2. The van der Waals surface area contributed by atoms with Gasteiger partial charge in [0, 0.05) is 0 Å². The first kappa shape index (κ1) is 18.5. The third kappa shape index (κ3) is 4.11. The summed E-state index contributed by atoms with van der Waals surface area (Å²) in [7, 11) is -3.63. The fraction of sp³-hybridized carbons (Fsp3) is 0.368. The summed E-state index contributed by atoms with van der Waals surface area (Å²) >= 11 is 0. The van der Waals surface area contributed by atoms with Gasteiger partial charge in [0.15, 0.2) is 11.5 Å². The van der Waals surface area contributed by atoms with Crippen molar-refractivity contribution >= 4 is 10.0 Å². The Morgan fingerprint density at radius 3 is 2.50 bits per heavy atom. The van der Waals surface area contributed by atoms with Gasteiger partial charge < -0.3 is 14.2 Å². The van der Waals surface area contributed by atoms with Crippen LogP contribution in [0.25, 0.3) is 0 Å². The number of sulfonamides is 1. The van der Waals surface area contributed by atoms with E-state index in [1.165, 1.54) is 12.1 Å². The fourth-order valence-electron chi connectivity index (χ4n) is 2.91. The van der Waals surface area contributed by atoms with Gasteiger partial charge in [-0.05, 0) is 56.2 Å². The molecule has 1 N–H and O–H groups in total. The number of hydrogen-bond acceptors (Lipinski definition) is 5. The monoisotopic (exact) mass is 377 g/mol. The zero-order valence-electron chi connectivity index (χ0n) is 14.9. The lowest BCUT2D eigenvalue weighted by Crippen LogP contribution is -2.42. The highest BCUT2D eigenvalue weighted by molar-refractivity contribution is 7.89. The molecule has 1 aliphatic heterocycles. The first-order chi connectivity index (χ1) is 12.5. The van der Waals surface area contributed by atoms with E-state index >= 15 is 0 Å². The molecule has 0 fully saturated rings. The molecule has 2 aromatic rings. The molecule has 0 spiro atoms. The second-order valence-electron chi connectivity index (χ2n) is 5.92. The van der Waals surface area contributed by atoms with Crippen LogP contribution in [0.3, 0.4) is 0 Å². The molecule has 0 aliphatic carbocycles.